The predicted octanol–water partition coefficient (Wildman–Crippen LogP) is 2.34. The molecule has 1 saturated heterocycles. The maximum atomic E-state index is 12.9. The number of guanidine groups is 1. The van der Waals surface area contributed by atoms with Crippen LogP contribution in [0.1, 0.15) is 18.1 Å². The van der Waals surface area contributed by atoms with Gasteiger partial charge in [-0.1, -0.05) is 12.1 Å². The molecule has 1 atom stereocenters. The lowest BCUT2D eigenvalue weighted by Crippen LogP contribution is -2.57. The Balaban J connectivity index is 0.00000480. The molecule has 2 N–H and O–H groups in total. The van der Waals surface area contributed by atoms with E-state index in [0.717, 1.165) is 5.56 Å². The van der Waals surface area contributed by atoms with Gasteiger partial charge in [-0.25, -0.2) is 13.1 Å². The van der Waals surface area contributed by atoms with Gasteiger partial charge >= 0.3 is 6.18 Å². The van der Waals surface area contributed by atoms with Crippen LogP contribution in [-0.4, -0.2) is 82.7 Å². The minimum atomic E-state index is -4.24. The Bertz CT molecular complexity index is 857. The molecule has 0 aliphatic carbocycles. The van der Waals surface area contributed by atoms with Gasteiger partial charge in [-0.3, -0.25) is 9.89 Å². The number of rotatable bonds is 6. The van der Waals surface area contributed by atoms with Gasteiger partial charge in [0.25, 0.3) is 0 Å². The molecule has 0 saturated carbocycles. The second-order valence-electron chi connectivity index (χ2n) is 7.38. The highest BCUT2D eigenvalue weighted by atomic mass is 127. The summed E-state index contributed by atoms with van der Waals surface area (Å²) in [5, 5.41) is 3.07. The first-order valence-corrected chi connectivity index (χ1v) is 11.3. The number of nitrogens with one attached hydrogen (secondary N) is 2. The molecule has 0 spiro atoms. The van der Waals surface area contributed by atoms with Crippen LogP contribution in [0.3, 0.4) is 0 Å². The van der Waals surface area contributed by atoms with Crippen LogP contribution >= 0.6 is 24.0 Å². The molecule has 1 heterocycles. The summed E-state index contributed by atoms with van der Waals surface area (Å²) in [5.74, 6) is 0.542. The number of halogens is 4. The number of hydrogen-bond acceptors (Lipinski definition) is 4. The molecular weight excluding hydrogens is 546 g/mol. The molecule has 0 aromatic heterocycles. The first-order chi connectivity index (χ1) is 14.0. The standard InChI is InChI=1S/C19H30F3N5O2S.HI/c1-14-5-6-15(2)17(13-14)30(28,29)25-8-7-24-18(23-4)27-11-9-26(10-12-27)16(3)19(20,21)22;/h5-6,13,16,25H,7-12H2,1-4H3,(H,23,24);1H. The van der Waals surface area contributed by atoms with E-state index in [0.29, 0.717) is 31.2 Å². The van der Waals surface area contributed by atoms with Gasteiger partial charge in [0.05, 0.1) is 4.90 Å². The lowest BCUT2D eigenvalue weighted by Gasteiger charge is -2.39. The number of aryl methyl sites for hydroxylation is 2. The molecule has 1 aromatic rings. The molecule has 12 heteroatoms. The zero-order valence-electron chi connectivity index (χ0n) is 18.2. The van der Waals surface area contributed by atoms with Crippen LogP contribution < -0.4 is 10.0 Å². The van der Waals surface area contributed by atoms with Gasteiger partial charge in [-0.15, -0.1) is 24.0 Å². The Labute approximate surface area is 199 Å². The van der Waals surface area contributed by atoms with Gasteiger partial charge in [-0.2, -0.15) is 13.2 Å². The summed E-state index contributed by atoms with van der Waals surface area (Å²) < 4.78 is 66.3. The molecule has 31 heavy (non-hydrogen) atoms. The van der Waals surface area contributed by atoms with Gasteiger partial charge in [0.1, 0.15) is 6.04 Å². The maximum Gasteiger partial charge on any atom is 0.403 e. The Morgan fingerprint density at radius 1 is 1.16 bits per heavy atom. The highest BCUT2D eigenvalue weighted by Crippen LogP contribution is 2.25. The summed E-state index contributed by atoms with van der Waals surface area (Å²) in [7, 11) is -2.04. The quantitative estimate of drug-likeness (QED) is 0.235. The minimum Gasteiger partial charge on any atom is -0.355 e. The van der Waals surface area contributed by atoms with Gasteiger partial charge in [0, 0.05) is 46.3 Å². The number of aliphatic imine (C=N–C) groups is 1. The van der Waals surface area contributed by atoms with E-state index in [1.54, 1.807) is 26.1 Å². The van der Waals surface area contributed by atoms with Gasteiger partial charge < -0.3 is 10.2 Å². The van der Waals surface area contributed by atoms with Crippen LogP contribution in [0.15, 0.2) is 28.1 Å². The zero-order valence-corrected chi connectivity index (χ0v) is 21.3. The number of sulfonamides is 1. The van der Waals surface area contributed by atoms with Crippen molar-refractivity contribution in [3.63, 3.8) is 0 Å². The van der Waals surface area contributed by atoms with Crippen molar-refractivity contribution in [2.75, 3.05) is 46.3 Å². The van der Waals surface area contributed by atoms with Gasteiger partial charge in [0.15, 0.2) is 5.96 Å². The largest absolute Gasteiger partial charge is 0.403 e. The van der Waals surface area contributed by atoms with Crippen molar-refractivity contribution in [2.45, 2.75) is 37.9 Å². The fraction of sp³-hybridized carbons (Fsp3) is 0.632. The first kappa shape index (κ1) is 27.9. The normalized spacial score (nSPS) is 17.3. The average Bonchev–Trinajstić information content (AvgIpc) is 2.68. The number of nitrogens with zero attached hydrogens (tertiary/aromatic N) is 3. The van der Waals surface area contributed by atoms with E-state index in [1.165, 1.54) is 11.8 Å². The second kappa shape index (κ2) is 11.7. The fourth-order valence-electron chi connectivity index (χ4n) is 3.29. The van der Waals surface area contributed by atoms with Crippen molar-refractivity contribution < 1.29 is 21.6 Å². The fourth-order valence-corrected chi connectivity index (χ4v) is 4.65. The molecule has 1 aromatic carbocycles. The first-order valence-electron chi connectivity index (χ1n) is 9.79. The Morgan fingerprint density at radius 3 is 2.32 bits per heavy atom. The maximum absolute atomic E-state index is 12.9. The highest BCUT2D eigenvalue weighted by molar-refractivity contribution is 14.0. The molecule has 0 bridgehead atoms. The van der Waals surface area contributed by atoms with Gasteiger partial charge in [-0.05, 0) is 38.0 Å². The van der Waals surface area contributed by atoms with Crippen molar-refractivity contribution in [3.05, 3.63) is 29.3 Å². The predicted molar refractivity (Wildman–Crippen MR) is 127 cm³/mol. The van der Waals surface area contributed by atoms with E-state index in [4.69, 9.17) is 0 Å². The van der Waals surface area contributed by atoms with Crippen LogP contribution in [0.2, 0.25) is 0 Å². The number of piperazine rings is 1. The number of alkyl halides is 3. The summed E-state index contributed by atoms with van der Waals surface area (Å²) in [6, 6.07) is 3.78. The minimum absolute atomic E-state index is 0. The lowest BCUT2D eigenvalue weighted by molar-refractivity contribution is -0.181. The number of hydrogen-bond donors (Lipinski definition) is 2. The summed E-state index contributed by atoms with van der Waals surface area (Å²) in [4.78, 5) is 7.69. The molecule has 0 radical (unpaired) electrons. The average molecular weight is 577 g/mol. The van der Waals surface area contributed by atoms with Crippen molar-refractivity contribution in [3.8, 4) is 0 Å². The third-order valence-corrected chi connectivity index (χ3v) is 6.78. The van der Waals surface area contributed by atoms with Crippen molar-refractivity contribution in [1.82, 2.24) is 19.8 Å². The molecule has 0 amide bonds. The van der Waals surface area contributed by atoms with Crippen LogP contribution in [-0.2, 0) is 10.0 Å². The third-order valence-electron chi connectivity index (χ3n) is 5.18. The second-order valence-corrected chi connectivity index (χ2v) is 9.12. The molecule has 1 aliphatic heterocycles. The Hall–Kier alpha value is -1.12. The zero-order chi connectivity index (χ0) is 22.5. The summed E-state index contributed by atoms with van der Waals surface area (Å²) >= 11 is 0. The third kappa shape index (κ3) is 7.75. The smallest absolute Gasteiger partial charge is 0.355 e. The number of benzene rings is 1. The van der Waals surface area contributed by atoms with E-state index in [9.17, 15) is 21.6 Å². The van der Waals surface area contributed by atoms with E-state index in [-0.39, 0.29) is 48.5 Å². The highest BCUT2D eigenvalue weighted by Gasteiger charge is 2.41. The summed E-state index contributed by atoms with van der Waals surface area (Å²) in [5.41, 5.74) is 1.53. The lowest BCUT2D eigenvalue weighted by atomic mass is 10.2. The molecule has 1 aliphatic rings. The van der Waals surface area contributed by atoms with Crippen molar-refractivity contribution >= 4 is 40.0 Å². The molecule has 178 valence electrons. The van der Waals surface area contributed by atoms with E-state index < -0.39 is 22.2 Å². The van der Waals surface area contributed by atoms with Gasteiger partial charge in [0.2, 0.25) is 10.0 Å². The van der Waals surface area contributed by atoms with Crippen LogP contribution in [0.4, 0.5) is 13.2 Å². The van der Waals surface area contributed by atoms with Crippen LogP contribution in [0.25, 0.3) is 0 Å². The SMILES string of the molecule is CN=C(NCCNS(=O)(=O)c1cc(C)ccc1C)N1CCN(C(C)C(F)(F)F)CC1.I. The van der Waals surface area contributed by atoms with Crippen molar-refractivity contribution in [1.29, 1.82) is 0 Å². The molecule has 1 fully saturated rings. The van der Waals surface area contributed by atoms with Crippen molar-refractivity contribution in [2.24, 2.45) is 4.99 Å². The monoisotopic (exact) mass is 577 g/mol. The molecule has 7 nitrogen and oxygen atoms in total. The Morgan fingerprint density at radius 2 is 1.77 bits per heavy atom. The van der Waals surface area contributed by atoms with Crippen LogP contribution in [0.5, 0.6) is 0 Å². The van der Waals surface area contributed by atoms with Crippen LogP contribution in [0, 0.1) is 13.8 Å². The van der Waals surface area contributed by atoms with E-state index in [1.807, 2.05) is 17.9 Å². The summed E-state index contributed by atoms with van der Waals surface area (Å²) in [6.07, 6.45) is -4.24. The van der Waals surface area contributed by atoms with E-state index >= 15 is 0 Å². The van der Waals surface area contributed by atoms with E-state index in [2.05, 4.69) is 15.0 Å². The molecule has 2 rings (SSSR count). The topological polar surface area (TPSA) is 77.0 Å². The summed E-state index contributed by atoms with van der Waals surface area (Å²) in [6.45, 7) is 6.58. The molecule has 1 unspecified atom stereocenters. The molecular formula is C19H31F3IN5O2S. The Kier molecular flexibility index (Phi) is 10.5.